The van der Waals surface area contributed by atoms with E-state index >= 15 is 0 Å². The van der Waals surface area contributed by atoms with Gasteiger partial charge in [0.15, 0.2) is 35.6 Å². The molecule has 0 radical (unpaired) electrons. The number of nitrogen functional groups attached to an aromatic ring is 2. The molecule has 47 heavy (non-hydrogen) atoms. The first kappa shape index (κ1) is 32.2. The number of hydrogen-bond donors (Lipinski definition) is 4. The highest BCUT2D eigenvalue weighted by atomic mass is 35.5. The second kappa shape index (κ2) is 12.8. The summed E-state index contributed by atoms with van der Waals surface area (Å²) in [5.74, 6) is -3.36. The number of carbonyl (C=O) groups is 3. The molecule has 1 saturated heterocycles. The van der Waals surface area contributed by atoms with Gasteiger partial charge in [0.05, 0.1) is 28.7 Å². The van der Waals surface area contributed by atoms with Gasteiger partial charge in [-0.2, -0.15) is 0 Å². The minimum Gasteiger partial charge on any atom is -0.477 e. The number of thiazole rings is 1. The number of aliphatic carboxylic acids is 1. The molecule has 4 aromatic rings. The van der Waals surface area contributed by atoms with Gasteiger partial charge in [-0.1, -0.05) is 40.2 Å². The normalized spacial score (nSPS) is 17.9. The van der Waals surface area contributed by atoms with Gasteiger partial charge in [0.2, 0.25) is 5.91 Å². The molecule has 0 unspecified atom stereocenters. The fourth-order valence-corrected chi connectivity index (χ4v) is 8.02. The summed E-state index contributed by atoms with van der Waals surface area (Å²) < 4.78 is 18.5. The van der Waals surface area contributed by atoms with Crippen molar-refractivity contribution in [2.75, 3.05) is 18.6 Å². The summed E-state index contributed by atoms with van der Waals surface area (Å²) in [6.07, 6.45) is 5.25. The van der Waals surface area contributed by atoms with E-state index in [1.807, 2.05) is 33.7 Å². The number of Topliss-reactive ketones (excluding diaryl/α,β-unsaturated/α-hetero) is 1. The number of aromatic nitrogens is 3. The molecule has 6 N–H and O–H groups in total. The number of oxime groups is 1. The second-order valence-electron chi connectivity index (χ2n) is 10.8. The van der Waals surface area contributed by atoms with Crippen molar-refractivity contribution in [3.05, 3.63) is 87.2 Å². The van der Waals surface area contributed by atoms with Crippen LogP contribution in [0, 0.1) is 17.1 Å². The van der Waals surface area contributed by atoms with E-state index in [-0.39, 0.29) is 51.9 Å². The maximum Gasteiger partial charge on any atom is 0.352 e. The second-order valence-corrected chi connectivity index (χ2v) is 13.6. The van der Waals surface area contributed by atoms with Crippen molar-refractivity contribution < 1.29 is 33.3 Å². The molecule has 2 aliphatic rings. The van der Waals surface area contributed by atoms with Crippen LogP contribution < -0.4 is 16.0 Å². The van der Waals surface area contributed by atoms with E-state index in [0.29, 0.717) is 22.5 Å². The van der Waals surface area contributed by atoms with E-state index in [4.69, 9.17) is 33.3 Å². The summed E-state index contributed by atoms with van der Waals surface area (Å²) in [5, 5.41) is 21.9. The van der Waals surface area contributed by atoms with Gasteiger partial charge in [0.1, 0.15) is 34.5 Å². The lowest BCUT2D eigenvalue weighted by Crippen LogP contribution is -2.62. The third-order valence-electron chi connectivity index (χ3n) is 7.88. The number of anilines is 1. The molecule has 13 nitrogen and oxygen atoms in total. The molecular formula is C30H27ClFN8O5S2+. The van der Waals surface area contributed by atoms with Gasteiger partial charge in [0, 0.05) is 41.1 Å². The van der Waals surface area contributed by atoms with Crippen LogP contribution in [-0.2, 0) is 32.3 Å². The number of amidine groups is 1. The number of fused-ring (bicyclic) bond motifs is 2. The molecule has 6 rings (SSSR count). The number of nitrogens with zero attached hydrogens (tertiary/aromatic N) is 5. The highest BCUT2D eigenvalue weighted by molar-refractivity contribution is 8.00. The average molecular weight is 698 g/mol. The molecule has 0 aliphatic carbocycles. The Morgan fingerprint density at radius 2 is 2.11 bits per heavy atom. The molecule has 5 heterocycles. The van der Waals surface area contributed by atoms with Crippen LogP contribution in [0.2, 0.25) is 4.34 Å². The lowest BCUT2D eigenvalue weighted by molar-refractivity contribution is -0.687. The molecule has 1 amide bonds. The van der Waals surface area contributed by atoms with Crippen LogP contribution in [0.3, 0.4) is 0 Å². The third kappa shape index (κ3) is 6.06. The highest BCUT2D eigenvalue weighted by Crippen LogP contribution is 2.45. The van der Waals surface area contributed by atoms with E-state index in [1.54, 1.807) is 18.3 Å². The Labute approximate surface area is 279 Å². The predicted octanol–water partition coefficient (Wildman–Crippen LogP) is 2.97. The quantitative estimate of drug-likeness (QED) is 0.0599. The molecule has 0 spiro atoms. The number of carboxylic acids is 1. The Kier molecular flexibility index (Phi) is 8.74. The Morgan fingerprint density at radius 1 is 1.32 bits per heavy atom. The van der Waals surface area contributed by atoms with Gasteiger partial charge in [-0.05, 0) is 12.1 Å². The van der Waals surface area contributed by atoms with Gasteiger partial charge in [-0.25, -0.2) is 18.7 Å². The fourth-order valence-electron chi connectivity index (χ4n) is 5.69. The number of benzene rings is 1. The summed E-state index contributed by atoms with van der Waals surface area (Å²) in [7, 11) is 1.26. The number of carboxylic acid groups (broad SMARTS) is 1. The fraction of sp³-hybridized carbons (Fsp3) is 0.233. The summed E-state index contributed by atoms with van der Waals surface area (Å²) in [4.78, 5) is 49.1. The minimum atomic E-state index is -1.24. The zero-order chi connectivity index (χ0) is 33.6. The molecule has 242 valence electrons. The Hall–Kier alpha value is -4.80. The number of rotatable bonds is 11. The van der Waals surface area contributed by atoms with Gasteiger partial charge < -0.3 is 26.0 Å². The zero-order valence-electron chi connectivity index (χ0n) is 24.6. The number of hydrogen-bond acceptors (Lipinski definition) is 10. The molecule has 2 atom stereocenters. The number of carbonyl (C=O) groups excluding carboxylic acids is 2. The Balaban J connectivity index is 1.19. The summed E-state index contributed by atoms with van der Waals surface area (Å²) in [6.45, 7) is 0.472. The average Bonchev–Trinajstić information content (AvgIpc) is 3.59. The first-order chi connectivity index (χ1) is 22.5. The topological polar surface area (TPSA) is 194 Å². The molecule has 17 heteroatoms. The van der Waals surface area contributed by atoms with Crippen molar-refractivity contribution >= 4 is 79.9 Å². The maximum absolute atomic E-state index is 14.7. The molecule has 0 saturated carbocycles. The SMILES string of the molecule is CO/N=C(\C(=O)C[C@@H]1C(=O)N2C(C(=O)O)=C(C[n+]3ccc4c(ccn4Cc4ccc(C(=N)N)cc4F)c3)CS[C@H]12)c1nc(N)sc1Cl. The van der Waals surface area contributed by atoms with Gasteiger partial charge in [-0.15, -0.1) is 11.8 Å². The summed E-state index contributed by atoms with van der Waals surface area (Å²) in [5.41, 5.74) is 13.1. The number of nitrogens with two attached hydrogens (primary N) is 2. The Morgan fingerprint density at radius 3 is 2.77 bits per heavy atom. The number of β-lactam (4-membered cyclic amide) rings is 1. The number of ketones is 1. The number of pyridine rings is 1. The van der Waals surface area contributed by atoms with Crippen molar-refractivity contribution in [1.82, 2.24) is 14.5 Å². The zero-order valence-corrected chi connectivity index (χ0v) is 27.0. The van der Waals surface area contributed by atoms with E-state index in [9.17, 15) is 23.9 Å². The number of amides is 1. The first-order valence-electron chi connectivity index (χ1n) is 14.0. The van der Waals surface area contributed by atoms with Crippen LogP contribution in [0.15, 0.2) is 65.3 Å². The van der Waals surface area contributed by atoms with Crippen LogP contribution in [0.1, 0.15) is 23.2 Å². The first-order valence-corrected chi connectivity index (χ1v) is 16.3. The molecule has 0 bridgehead atoms. The highest BCUT2D eigenvalue weighted by Gasteiger charge is 2.54. The molecule has 2 aliphatic heterocycles. The largest absolute Gasteiger partial charge is 0.477 e. The van der Waals surface area contributed by atoms with Crippen molar-refractivity contribution in [3.63, 3.8) is 0 Å². The monoisotopic (exact) mass is 697 g/mol. The van der Waals surface area contributed by atoms with Crippen molar-refractivity contribution in [2.24, 2.45) is 16.8 Å². The third-order valence-corrected chi connectivity index (χ3v) is 10.4. The van der Waals surface area contributed by atoms with Crippen LogP contribution >= 0.6 is 34.7 Å². The smallest absolute Gasteiger partial charge is 0.352 e. The molecule has 1 aromatic carbocycles. The number of nitrogens with one attached hydrogen (secondary N) is 1. The molecular weight excluding hydrogens is 671 g/mol. The van der Waals surface area contributed by atoms with Crippen LogP contribution in [0.5, 0.6) is 0 Å². The lowest BCUT2D eigenvalue weighted by Gasteiger charge is -2.49. The van der Waals surface area contributed by atoms with E-state index in [0.717, 1.165) is 22.2 Å². The Bertz CT molecular complexity index is 2040. The van der Waals surface area contributed by atoms with Crippen molar-refractivity contribution in [1.29, 1.82) is 5.41 Å². The molecule has 3 aromatic heterocycles. The number of thioether (sulfide) groups is 1. The van der Waals surface area contributed by atoms with Crippen LogP contribution in [0.25, 0.3) is 10.9 Å². The summed E-state index contributed by atoms with van der Waals surface area (Å²) in [6, 6.07) is 8.18. The summed E-state index contributed by atoms with van der Waals surface area (Å²) >= 11 is 8.53. The minimum absolute atomic E-state index is 0.0640. The van der Waals surface area contributed by atoms with E-state index in [1.165, 1.54) is 29.8 Å². The van der Waals surface area contributed by atoms with Crippen molar-refractivity contribution in [2.45, 2.75) is 24.9 Å². The van der Waals surface area contributed by atoms with E-state index in [2.05, 4.69) is 10.1 Å². The maximum atomic E-state index is 14.7. The van der Waals surface area contributed by atoms with Crippen molar-refractivity contribution in [3.8, 4) is 0 Å². The molecule has 1 fully saturated rings. The number of halogens is 2. The van der Waals surface area contributed by atoms with E-state index < -0.39 is 34.8 Å². The van der Waals surface area contributed by atoms with Crippen LogP contribution in [0.4, 0.5) is 9.52 Å². The van der Waals surface area contributed by atoms with Gasteiger partial charge in [-0.3, -0.25) is 19.9 Å². The standard InChI is InChI=1S/C30H26ClFN8O5S2/c1-45-37-22(23-25(31)47-30(35)36-23)21(41)9-18-27(42)40-24(29(43)44)17(13-46-28(18)40)11-38-6-5-20-16(10-38)4-7-39(20)12-15-3-2-14(26(33)34)8-19(15)32/h2-8,10,18,28H,9,11-13H2,1H3,(H5-,33,34,35,36,43,44)/p+1/b37-22+/t18-,28-/m1/s1. The lowest BCUT2D eigenvalue weighted by atomic mass is 9.89. The van der Waals surface area contributed by atoms with Crippen LogP contribution in [-0.4, -0.2) is 67.0 Å². The van der Waals surface area contributed by atoms with Gasteiger partial charge in [0.25, 0.3) is 0 Å². The predicted molar refractivity (Wildman–Crippen MR) is 175 cm³/mol. The van der Waals surface area contributed by atoms with Gasteiger partial charge >= 0.3 is 5.97 Å².